The van der Waals surface area contributed by atoms with Gasteiger partial charge in [0.2, 0.25) is 0 Å². The van der Waals surface area contributed by atoms with Crippen LogP contribution in [0.5, 0.6) is 5.75 Å². The van der Waals surface area contributed by atoms with Crippen molar-refractivity contribution in [1.82, 2.24) is 0 Å². The fourth-order valence-electron chi connectivity index (χ4n) is 0.975. The van der Waals surface area contributed by atoms with Crippen molar-refractivity contribution >= 4 is 15.9 Å². The van der Waals surface area contributed by atoms with Crippen molar-refractivity contribution in [2.75, 3.05) is 0 Å². The molecule has 0 unspecified atom stereocenters. The molecule has 0 aliphatic heterocycles. The van der Waals surface area contributed by atoms with Gasteiger partial charge in [-0.15, -0.1) is 0 Å². The molecule has 0 heterocycles. The van der Waals surface area contributed by atoms with Gasteiger partial charge in [0.05, 0.1) is 0 Å². The molecular formula is C11H13BrF2O. The van der Waals surface area contributed by atoms with E-state index in [1.165, 1.54) is 12.1 Å². The lowest BCUT2D eigenvalue weighted by Crippen LogP contribution is -2.27. The standard InChI is InChI=1S/C11H13BrF2O/c1-4-11(2,3)15-10-8(13)5-7(12)6-9(10)14/h5-6H,4H2,1-3H3. The van der Waals surface area contributed by atoms with E-state index in [1.807, 2.05) is 6.92 Å². The summed E-state index contributed by atoms with van der Waals surface area (Å²) >= 11 is 3.01. The third kappa shape index (κ3) is 3.16. The number of rotatable bonds is 3. The third-order valence-electron chi connectivity index (χ3n) is 2.19. The number of halogens is 3. The van der Waals surface area contributed by atoms with Crippen molar-refractivity contribution in [3.63, 3.8) is 0 Å². The van der Waals surface area contributed by atoms with Gasteiger partial charge in [-0.3, -0.25) is 0 Å². The highest BCUT2D eigenvalue weighted by molar-refractivity contribution is 9.10. The van der Waals surface area contributed by atoms with Crippen LogP contribution in [0.4, 0.5) is 8.78 Å². The molecule has 1 aromatic rings. The van der Waals surface area contributed by atoms with Gasteiger partial charge < -0.3 is 4.74 Å². The van der Waals surface area contributed by atoms with E-state index in [0.29, 0.717) is 10.9 Å². The zero-order valence-electron chi connectivity index (χ0n) is 8.90. The topological polar surface area (TPSA) is 9.23 Å². The van der Waals surface area contributed by atoms with Gasteiger partial charge in [0.15, 0.2) is 17.4 Å². The van der Waals surface area contributed by atoms with Gasteiger partial charge in [0.25, 0.3) is 0 Å². The Hall–Kier alpha value is -0.640. The van der Waals surface area contributed by atoms with Crippen molar-refractivity contribution in [2.45, 2.75) is 32.8 Å². The molecule has 1 nitrogen and oxygen atoms in total. The average Bonchev–Trinajstić information content (AvgIpc) is 2.11. The van der Waals surface area contributed by atoms with Gasteiger partial charge >= 0.3 is 0 Å². The van der Waals surface area contributed by atoms with Crippen LogP contribution in [0, 0.1) is 11.6 Å². The molecule has 0 aromatic heterocycles. The number of hydrogen-bond acceptors (Lipinski definition) is 1. The van der Waals surface area contributed by atoms with Crippen LogP contribution in [-0.2, 0) is 0 Å². The Balaban J connectivity index is 3.05. The molecule has 0 saturated carbocycles. The molecule has 0 atom stereocenters. The van der Waals surface area contributed by atoms with Crippen LogP contribution in [-0.4, -0.2) is 5.60 Å². The minimum Gasteiger partial charge on any atom is -0.482 e. The number of ether oxygens (including phenoxy) is 1. The maximum atomic E-state index is 13.4. The summed E-state index contributed by atoms with van der Waals surface area (Å²) in [5.74, 6) is -1.70. The van der Waals surface area contributed by atoms with E-state index in [9.17, 15) is 8.78 Å². The molecule has 0 aliphatic rings. The van der Waals surface area contributed by atoms with Gasteiger partial charge in [-0.2, -0.15) is 0 Å². The summed E-state index contributed by atoms with van der Waals surface area (Å²) in [6.07, 6.45) is 0.669. The predicted octanol–water partition coefficient (Wildman–Crippen LogP) is 4.29. The largest absolute Gasteiger partial charge is 0.482 e. The molecule has 0 amide bonds. The molecule has 0 aliphatic carbocycles. The van der Waals surface area contributed by atoms with Gasteiger partial charge in [0, 0.05) is 4.47 Å². The summed E-state index contributed by atoms with van der Waals surface area (Å²) in [5.41, 5.74) is -0.574. The van der Waals surface area contributed by atoms with Gasteiger partial charge in [-0.25, -0.2) is 8.78 Å². The molecule has 84 valence electrons. The molecule has 15 heavy (non-hydrogen) atoms. The first kappa shape index (κ1) is 12.4. The zero-order chi connectivity index (χ0) is 11.6. The molecule has 0 N–H and O–H groups in total. The molecular weight excluding hydrogens is 266 g/mol. The minimum atomic E-state index is -0.691. The number of hydrogen-bond donors (Lipinski definition) is 0. The summed E-state index contributed by atoms with van der Waals surface area (Å²) in [6.45, 7) is 5.47. The second-order valence-electron chi connectivity index (χ2n) is 3.91. The molecule has 0 spiro atoms. The maximum Gasteiger partial charge on any atom is 0.191 e. The van der Waals surface area contributed by atoms with Crippen LogP contribution in [0.2, 0.25) is 0 Å². The van der Waals surface area contributed by atoms with E-state index in [4.69, 9.17) is 4.74 Å². The van der Waals surface area contributed by atoms with Crippen LogP contribution >= 0.6 is 15.9 Å². The van der Waals surface area contributed by atoms with Crippen LogP contribution in [0.15, 0.2) is 16.6 Å². The lowest BCUT2D eigenvalue weighted by Gasteiger charge is -2.25. The van der Waals surface area contributed by atoms with E-state index in [2.05, 4.69) is 15.9 Å². The normalized spacial score (nSPS) is 11.6. The van der Waals surface area contributed by atoms with Gasteiger partial charge in [-0.1, -0.05) is 22.9 Å². The van der Waals surface area contributed by atoms with Crippen molar-refractivity contribution < 1.29 is 13.5 Å². The lowest BCUT2D eigenvalue weighted by molar-refractivity contribution is 0.0934. The summed E-state index contributed by atoms with van der Waals surface area (Å²) in [7, 11) is 0. The molecule has 4 heteroatoms. The third-order valence-corrected chi connectivity index (χ3v) is 2.65. The molecule has 1 aromatic carbocycles. The van der Waals surface area contributed by atoms with E-state index in [0.717, 1.165) is 0 Å². The van der Waals surface area contributed by atoms with E-state index < -0.39 is 17.2 Å². The van der Waals surface area contributed by atoms with Crippen molar-refractivity contribution in [1.29, 1.82) is 0 Å². The van der Waals surface area contributed by atoms with Crippen molar-refractivity contribution in [3.8, 4) is 5.75 Å². The van der Waals surface area contributed by atoms with E-state index in [-0.39, 0.29) is 5.75 Å². The van der Waals surface area contributed by atoms with E-state index >= 15 is 0 Å². The fraction of sp³-hybridized carbons (Fsp3) is 0.455. The van der Waals surface area contributed by atoms with Crippen LogP contribution in [0.25, 0.3) is 0 Å². The molecule has 0 bridgehead atoms. The Kier molecular flexibility index (Phi) is 3.71. The monoisotopic (exact) mass is 278 g/mol. The Morgan fingerprint density at radius 2 is 1.73 bits per heavy atom. The van der Waals surface area contributed by atoms with Gasteiger partial charge in [0.1, 0.15) is 5.60 Å². The van der Waals surface area contributed by atoms with Gasteiger partial charge in [-0.05, 0) is 32.4 Å². The summed E-state index contributed by atoms with van der Waals surface area (Å²) in [6, 6.07) is 2.37. The average molecular weight is 279 g/mol. The first-order valence-electron chi connectivity index (χ1n) is 4.69. The SMILES string of the molecule is CCC(C)(C)Oc1c(F)cc(Br)cc1F. The molecule has 0 saturated heterocycles. The van der Waals surface area contributed by atoms with E-state index in [1.54, 1.807) is 13.8 Å². The molecule has 0 radical (unpaired) electrons. The Morgan fingerprint density at radius 3 is 2.13 bits per heavy atom. The Labute approximate surface area is 96.6 Å². The molecule has 1 rings (SSSR count). The predicted molar refractivity (Wildman–Crippen MR) is 59.1 cm³/mol. The van der Waals surface area contributed by atoms with Crippen LogP contribution < -0.4 is 4.74 Å². The summed E-state index contributed by atoms with van der Waals surface area (Å²) in [5, 5.41) is 0. The van der Waals surface area contributed by atoms with Crippen LogP contribution in [0.3, 0.4) is 0 Å². The second kappa shape index (κ2) is 4.47. The Morgan fingerprint density at radius 1 is 1.27 bits per heavy atom. The number of benzene rings is 1. The summed E-state index contributed by atoms with van der Waals surface area (Å²) < 4.78 is 32.4. The minimum absolute atomic E-state index is 0.315. The zero-order valence-corrected chi connectivity index (χ0v) is 10.5. The smallest absolute Gasteiger partial charge is 0.191 e. The highest BCUT2D eigenvalue weighted by Gasteiger charge is 2.22. The van der Waals surface area contributed by atoms with Crippen molar-refractivity contribution in [3.05, 3.63) is 28.2 Å². The first-order valence-corrected chi connectivity index (χ1v) is 5.48. The maximum absolute atomic E-state index is 13.4. The lowest BCUT2D eigenvalue weighted by atomic mass is 10.1. The first-order chi connectivity index (χ1) is 6.85. The Bertz CT molecular complexity index is 341. The fourth-order valence-corrected chi connectivity index (χ4v) is 1.38. The quantitative estimate of drug-likeness (QED) is 0.801. The highest BCUT2D eigenvalue weighted by Crippen LogP contribution is 2.29. The second-order valence-corrected chi connectivity index (χ2v) is 4.83. The highest BCUT2D eigenvalue weighted by atomic mass is 79.9. The molecule has 0 fully saturated rings. The van der Waals surface area contributed by atoms with Crippen LogP contribution in [0.1, 0.15) is 27.2 Å². The summed E-state index contributed by atoms with van der Waals surface area (Å²) in [4.78, 5) is 0. The van der Waals surface area contributed by atoms with Crippen molar-refractivity contribution in [2.24, 2.45) is 0 Å².